The summed E-state index contributed by atoms with van der Waals surface area (Å²) >= 11 is 0. The second-order valence-electron chi connectivity index (χ2n) is 7.08. The second-order valence-corrected chi connectivity index (χ2v) is 7.08. The summed E-state index contributed by atoms with van der Waals surface area (Å²) in [6.45, 7) is 7.95. The van der Waals surface area contributed by atoms with Crippen LogP contribution in [0.2, 0.25) is 0 Å². The van der Waals surface area contributed by atoms with Crippen LogP contribution in [0, 0.1) is 13.8 Å². The van der Waals surface area contributed by atoms with E-state index in [1.165, 1.54) is 5.56 Å². The molecule has 3 aromatic heterocycles. The quantitative estimate of drug-likeness (QED) is 0.710. The van der Waals surface area contributed by atoms with Gasteiger partial charge in [-0.3, -0.25) is 14.7 Å². The van der Waals surface area contributed by atoms with Gasteiger partial charge in [0, 0.05) is 52.2 Å². The first kappa shape index (κ1) is 17.6. The van der Waals surface area contributed by atoms with E-state index >= 15 is 0 Å². The number of aromatic nitrogens is 4. The third-order valence-electron chi connectivity index (χ3n) is 5.36. The van der Waals surface area contributed by atoms with Crippen molar-refractivity contribution in [2.75, 3.05) is 26.2 Å². The summed E-state index contributed by atoms with van der Waals surface area (Å²) in [6, 6.07) is 5.83. The van der Waals surface area contributed by atoms with Crippen molar-refractivity contribution in [3.8, 4) is 0 Å². The Bertz CT molecular complexity index is 987. The number of pyridine rings is 2. The van der Waals surface area contributed by atoms with E-state index in [2.05, 4.69) is 32.8 Å². The maximum Gasteiger partial charge on any atom is 0.256 e. The Balaban J connectivity index is 1.46. The fraction of sp³-hybridized carbons (Fsp3) is 0.400. The standard InChI is InChI=1S/C20H24N6O/c1-14-5-4-7-21-17(14)13-25-9-11-26(12-10-25)20(27)16-6-8-22-19-18(16)23-15(2)24(19)3/h4-8H,9-13H2,1-3H3. The lowest BCUT2D eigenvalue weighted by molar-refractivity contribution is 0.0628. The Hall–Kier alpha value is -2.80. The molecule has 0 spiro atoms. The molecule has 0 saturated carbocycles. The highest BCUT2D eigenvalue weighted by Gasteiger charge is 2.25. The lowest BCUT2D eigenvalue weighted by atomic mass is 10.1. The predicted octanol–water partition coefficient (Wildman–Crippen LogP) is 1.94. The summed E-state index contributed by atoms with van der Waals surface area (Å²) in [5, 5.41) is 0. The first-order valence-electron chi connectivity index (χ1n) is 9.25. The average Bonchev–Trinajstić information content (AvgIpc) is 2.98. The van der Waals surface area contributed by atoms with Crippen LogP contribution < -0.4 is 0 Å². The number of hydrogen-bond acceptors (Lipinski definition) is 5. The van der Waals surface area contributed by atoms with E-state index < -0.39 is 0 Å². The molecule has 0 N–H and O–H groups in total. The van der Waals surface area contributed by atoms with Gasteiger partial charge in [-0.15, -0.1) is 0 Å². The van der Waals surface area contributed by atoms with Crippen LogP contribution in [0.4, 0.5) is 0 Å². The molecule has 3 aromatic rings. The summed E-state index contributed by atoms with van der Waals surface area (Å²) in [4.78, 5) is 30.7. The van der Waals surface area contributed by atoms with Crippen molar-refractivity contribution >= 4 is 17.1 Å². The predicted molar refractivity (Wildman–Crippen MR) is 103 cm³/mol. The summed E-state index contributed by atoms with van der Waals surface area (Å²) in [5.41, 5.74) is 4.40. The number of carbonyl (C=O) groups is 1. The second kappa shape index (κ2) is 7.08. The van der Waals surface area contributed by atoms with Crippen LogP contribution in [0.15, 0.2) is 30.6 Å². The van der Waals surface area contributed by atoms with Crippen LogP contribution in [-0.2, 0) is 13.6 Å². The zero-order valence-electron chi connectivity index (χ0n) is 16.0. The van der Waals surface area contributed by atoms with E-state index in [-0.39, 0.29) is 5.91 Å². The van der Waals surface area contributed by atoms with Gasteiger partial charge in [0.2, 0.25) is 0 Å². The topological polar surface area (TPSA) is 67.2 Å². The van der Waals surface area contributed by atoms with Gasteiger partial charge in [-0.1, -0.05) is 6.07 Å². The molecule has 7 heteroatoms. The summed E-state index contributed by atoms with van der Waals surface area (Å²) in [7, 11) is 1.92. The number of imidazole rings is 1. The van der Waals surface area contributed by atoms with Crippen LogP contribution in [-0.4, -0.2) is 61.4 Å². The number of aryl methyl sites for hydroxylation is 3. The van der Waals surface area contributed by atoms with Crippen LogP contribution in [0.3, 0.4) is 0 Å². The van der Waals surface area contributed by atoms with Crippen molar-refractivity contribution < 1.29 is 4.79 Å². The SMILES string of the molecule is Cc1cccnc1CN1CCN(C(=O)c2ccnc3c2nc(C)n3C)CC1. The van der Waals surface area contributed by atoms with E-state index in [9.17, 15) is 4.79 Å². The molecule has 0 aromatic carbocycles. The molecule has 1 fully saturated rings. The molecule has 1 saturated heterocycles. The Morgan fingerprint density at radius 2 is 1.85 bits per heavy atom. The Labute approximate surface area is 158 Å². The number of nitrogens with zero attached hydrogens (tertiary/aromatic N) is 6. The van der Waals surface area contributed by atoms with Gasteiger partial charge in [-0.05, 0) is 31.5 Å². The fourth-order valence-corrected chi connectivity index (χ4v) is 3.54. The summed E-state index contributed by atoms with van der Waals surface area (Å²) < 4.78 is 1.92. The molecule has 1 aliphatic heterocycles. The highest BCUT2D eigenvalue weighted by Crippen LogP contribution is 2.19. The molecule has 1 amide bonds. The van der Waals surface area contributed by atoms with Crippen molar-refractivity contribution in [3.63, 3.8) is 0 Å². The third kappa shape index (κ3) is 3.30. The molecule has 1 aliphatic rings. The molecule has 140 valence electrons. The highest BCUT2D eigenvalue weighted by molar-refractivity contribution is 6.04. The number of fused-ring (bicyclic) bond motifs is 1. The van der Waals surface area contributed by atoms with Crippen LogP contribution in [0.1, 0.15) is 27.4 Å². The van der Waals surface area contributed by atoms with Gasteiger partial charge >= 0.3 is 0 Å². The van der Waals surface area contributed by atoms with Gasteiger partial charge in [0.15, 0.2) is 5.65 Å². The van der Waals surface area contributed by atoms with Crippen molar-refractivity contribution in [1.82, 2.24) is 29.3 Å². The zero-order valence-corrected chi connectivity index (χ0v) is 16.0. The number of piperazine rings is 1. The van der Waals surface area contributed by atoms with Gasteiger partial charge in [-0.2, -0.15) is 0 Å². The fourth-order valence-electron chi connectivity index (χ4n) is 3.54. The molecule has 27 heavy (non-hydrogen) atoms. The van der Waals surface area contributed by atoms with Gasteiger partial charge in [0.1, 0.15) is 11.3 Å². The minimum atomic E-state index is 0.0363. The minimum Gasteiger partial charge on any atom is -0.336 e. The maximum atomic E-state index is 13.1. The number of hydrogen-bond donors (Lipinski definition) is 0. The largest absolute Gasteiger partial charge is 0.336 e. The Morgan fingerprint density at radius 1 is 1.07 bits per heavy atom. The number of amides is 1. The number of carbonyl (C=O) groups excluding carboxylic acids is 1. The minimum absolute atomic E-state index is 0.0363. The molecule has 0 atom stereocenters. The molecular weight excluding hydrogens is 340 g/mol. The summed E-state index contributed by atoms with van der Waals surface area (Å²) in [5.74, 6) is 0.891. The highest BCUT2D eigenvalue weighted by atomic mass is 16.2. The van der Waals surface area contributed by atoms with E-state index in [1.54, 1.807) is 12.3 Å². The van der Waals surface area contributed by atoms with Crippen molar-refractivity contribution in [2.24, 2.45) is 7.05 Å². The first-order chi connectivity index (χ1) is 13.0. The van der Waals surface area contributed by atoms with Crippen molar-refractivity contribution in [2.45, 2.75) is 20.4 Å². The molecular formula is C20H24N6O. The van der Waals surface area contributed by atoms with Crippen LogP contribution in [0.5, 0.6) is 0 Å². The Kier molecular flexibility index (Phi) is 4.61. The first-order valence-corrected chi connectivity index (χ1v) is 9.25. The third-order valence-corrected chi connectivity index (χ3v) is 5.36. The van der Waals surface area contributed by atoms with E-state index in [4.69, 9.17) is 0 Å². The van der Waals surface area contributed by atoms with E-state index in [0.717, 1.165) is 36.8 Å². The maximum absolute atomic E-state index is 13.1. The molecule has 0 radical (unpaired) electrons. The van der Waals surface area contributed by atoms with E-state index in [1.807, 2.05) is 35.7 Å². The molecule has 4 rings (SSSR count). The van der Waals surface area contributed by atoms with E-state index in [0.29, 0.717) is 24.2 Å². The van der Waals surface area contributed by atoms with Gasteiger partial charge < -0.3 is 9.47 Å². The number of rotatable bonds is 3. The summed E-state index contributed by atoms with van der Waals surface area (Å²) in [6.07, 6.45) is 3.53. The van der Waals surface area contributed by atoms with Gasteiger partial charge in [-0.25, -0.2) is 9.97 Å². The molecule has 4 heterocycles. The molecule has 0 bridgehead atoms. The van der Waals surface area contributed by atoms with Crippen molar-refractivity contribution in [3.05, 3.63) is 53.2 Å². The van der Waals surface area contributed by atoms with Gasteiger partial charge in [0.25, 0.3) is 5.91 Å². The monoisotopic (exact) mass is 364 g/mol. The van der Waals surface area contributed by atoms with Crippen LogP contribution >= 0.6 is 0 Å². The molecule has 0 unspecified atom stereocenters. The lowest BCUT2D eigenvalue weighted by Crippen LogP contribution is -2.48. The van der Waals surface area contributed by atoms with Gasteiger partial charge in [0.05, 0.1) is 11.3 Å². The smallest absolute Gasteiger partial charge is 0.256 e. The average molecular weight is 364 g/mol. The van der Waals surface area contributed by atoms with Crippen LogP contribution in [0.25, 0.3) is 11.2 Å². The molecule has 7 nitrogen and oxygen atoms in total. The molecule has 0 aliphatic carbocycles. The Morgan fingerprint density at radius 3 is 2.59 bits per heavy atom. The lowest BCUT2D eigenvalue weighted by Gasteiger charge is -2.34. The zero-order chi connectivity index (χ0) is 19.0. The van der Waals surface area contributed by atoms with Crippen molar-refractivity contribution in [1.29, 1.82) is 0 Å². The normalized spacial score (nSPS) is 15.4.